The molecular weight excluding hydrogens is 160 g/mol. The molecule has 0 aromatic rings. The highest BCUT2D eigenvalue weighted by Crippen LogP contribution is 2.32. The average molecular weight is 182 g/mol. The van der Waals surface area contributed by atoms with Crippen LogP contribution in [0.2, 0.25) is 0 Å². The van der Waals surface area contributed by atoms with E-state index in [0.29, 0.717) is 0 Å². The minimum atomic E-state index is 0.746. The highest BCUT2D eigenvalue weighted by Gasteiger charge is 2.35. The van der Waals surface area contributed by atoms with Crippen LogP contribution in [0, 0.1) is 0 Å². The molecule has 0 unspecified atom stereocenters. The van der Waals surface area contributed by atoms with Crippen LogP contribution in [0.15, 0.2) is 0 Å². The Bertz CT molecular complexity index is 155. The van der Waals surface area contributed by atoms with Gasteiger partial charge in [-0.25, -0.2) is 0 Å². The fraction of sp³-hybridized carbons (Fsp3) is 1.00. The van der Waals surface area contributed by atoms with Crippen LogP contribution in [0.3, 0.4) is 0 Å². The third-order valence-corrected chi connectivity index (χ3v) is 3.30. The summed E-state index contributed by atoms with van der Waals surface area (Å²) >= 11 is 0. The van der Waals surface area contributed by atoms with Gasteiger partial charge in [-0.2, -0.15) is 0 Å². The van der Waals surface area contributed by atoms with Gasteiger partial charge in [-0.1, -0.05) is 0 Å². The Balaban J connectivity index is 1.92. The Labute approximate surface area is 81.7 Å². The molecule has 1 saturated heterocycles. The van der Waals surface area contributed by atoms with E-state index in [0.717, 1.165) is 18.1 Å². The minimum absolute atomic E-state index is 0.746. The zero-order valence-corrected chi connectivity index (χ0v) is 8.92. The smallest absolute Gasteiger partial charge is 0.0125 e. The zero-order valence-electron chi connectivity index (χ0n) is 8.92. The third-order valence-electron chi connectivity index (χ3n) is 3.30. The summed E-state index contributed by atoms with van der Waals surface area (Å²) in [6.45, 7) is 7.14. The van der Waals surface area contributed by atoms with Crippen LogP contribution < -0.4 is 5.32 Å². The second-order valence-corrected chi connectivity index (χ2v) is 4.75. The first-order chi connectivity index (χ1) is 6.29. The molecule has 2 rings (SSSR count). The maximum atomic E-state index is 3.44. The van der Waals surface area contributed by atoms with Gasteiger partial charge in [0.15, 0.2) is 0 Å². The van der Waals surface area contributed by atoms with Crippen LogP contribution in [0.25, 0.3) is 0 Å². The maximum Gasteiger partial charge on any atom is 0.0125 e. The molecule has 1 N–H and O–H groups in total. The van der Waals surface area contributed by atoms with E-state index in [2.05, 4.69) is 24.1 Å². The van der Waals surface area contributed by atoms with Gasteiger partial charge in [0.2, 0.25) is 0 Å². The van der Waals surface area contributed by atoms with Gasteiger partial charge in [-0.05, 0) is 52.6 Å². The van der Waals surface area contributed by atoms with Crippen molar-refractivity contribution in [3.8, 4) is 0 Å². The Hall–Kier alpha value is -0.0800. The molecule has 2 heteroatoms. The Morgan fingerprint density at radius 3 is 2.00 bits per heavy atom. The maximum absolute atomic E-state index is 3.44. The number of nitrogens with one attached hydrogen (secondary N) is 1. The summed E-state index contributed by atoms with van der Waals surface area (Å²) in [7, 11) is 0. The van der Waals surface area contributed by atoms with E-state index >= 15 is 0 Å². The summed E-state index contributed by atoms with van der Waals surface area (Å²) in [6, 6.07) is 2.55. The molecule has 1 saturated carbocycles. The lowest BCUT2D eigenvalue weighted by Crippen LogP contribution is -2.47. The molecule has 1 aliphatic heterocycles. The molecule has 13 heavy (non-hydrogen) atoms. The fourth-order valence-electron chi connectivity index (χ4n) is 2.62. The SMILES string of the molecule is CC(C)N(C1CCNCC1)C1CC1. The van der Waals surface area contributed by atoms with E-state index in [9.17, 15) is 0 Å². The second kappa shape index (κ2) is 3.97. The van der Waals surface area contributed by atoms with Crippen molar-refractivity contribution in [2.45, 2.75) is 57.7 Å². The van der Waals surface area contributed by atoms with Crippen molar-refractivity contribution in [2.24, 2.45) is 0 Å². The highest BCUT2D eigenvalue weighted by atomic mass is 15.2. The first-order valence-electron chi connectivity index (χ1n) is 5.77. The number of piperidine rings is 1. The summed E-state index contributed by atoms with van der Waals surface area (Å²) in [4.78, 5) is 2.76. The van der Waals surface area contributed by atoms with Crippen LogP contribution in [0.5, 0.6) is 0 Å². The summed E-state index contributed by atoms with van der Waals surface area (Å²) in [6.07, 6.45) is 5.60. The molecule has 2 aliphatic rings. The molecule has 2 nitrogen and oxygen atoms in total. The molecule has 2 fully saturated rings. The Morgan fingerprint density at radius 2 is 1.54 bits per heavy atom. The third kappa shape index (κ3) is 2.23. The molecule has 0 aromatic carbocycles. The molecule has 0 spiro atoms. The number of nitrogens with zero attached hydrogens (tertiary/aromatic N) is 1. The Morgan fingerprint density at radius 1 is 1.00 bits per heavy atom. The summed E-state index contributed by atoms with van der Waals surface area (Å²) < 4.78 is 0. The summed E-state index contributed by atoms with van der Waals surface area (Å²) in [5.41, 5.74) is 0. The lowest BCUT2D eigenvalue weighted by Gasteiger charge is -2.37. The van der Waals surface area contributed by atoms with Gasteiger partial charge in [-0.3, -0.25) is 4.90 Å². The lowest BCUT2D eigenvalue weighted by molar-refractivity contribution is 0.116. The predicted molar refractivity (Wildman–Crippen MR) is 55.9 cm³/mol. The minimum Gasteiger partial charge on any atom is -0.317 e. The second-order valence-electron chi connectivity index (χ2n) is 4.75. The summed E-state index contributed by atoms with van der Waals surface area (Å²) in [5, 5.41) is 3.44. The lowest BCUT2D eigenvalue weighted by atomic mass is 10.0. The first kappa shape index (κ1) is 9.47. The van der Waals surface area contributed by atoms with E-state index in [1.807, 2.05) is 0 Å². The van der Waals surface area contributed by atoms with Gasteiger partial charge in [-0.15, -0.1) is 0 Å². The number of hydrogen-bond donors (Lipinski definition) is 1. The van der Waals surface area contributed by atoms with Gasteiger partial charge in [0.1, 0.15) is 0 Å². The molecule has 1 aliphatic carbocycles. The standard InChI is InChI=1S/C11H22N2/c1-9(2)13(10-3-4-10)11-5-7-12-8-6-11/h9-12H,3-8H2,1-2H3. The average Bonchev–Trinajstić information content (AvgIpc) is 2.90. The van der Waals surface area contributed by atoms with Gasteiger partial charge < -0.3 is 5.32 Å². The van der Waals surface area contributed by atoms with E-state index in [4.69, 9.17) is 0 Å². The highest BCUT2D eigenvalue weighted by molar-refractivity contribution is 4.92. The summed E-state index contributed by atoms with van der Waals surface area (Å²) in [5.74, 6) is 0. The molecule has 0 aromatic heterocycles. The molecule has 0 radical (unpaired) electrons. The zero-order chi connectivity index (χ0) is 9.26. The predicted octanol–water partition coefficient (Wildman–Crippen LogP) is 1.61. The molecular formula is C11H22N2. The van der Waals surface area contributed by atoms with Crippen molar-refractivity contribution < 1.29 is 0 Å². The van der Waals surface area contributed by atoms with Crippen molar-refractivity contribution in [2.75, 3.05) is 13.1 Å². The van der Waals surface area contributed by atoms with Crippen molar-refractivity contribution in [1.82, 2.24) is 10.2 Å². The molecule has 0 atom stereocenters. The monoisotopic (exact) mass is 182 g/mol. The topological polar surface area (TPSA) is 15.3 Å². The molecule has 0 amide bonds. The quantitative estimate of drug-likeness (QED) is 0.713. The van der Waals surface area contributed by atoms with Gasteiger partial charge in [0.05, 0.1) is 0 Å². The van der Waals surface area contributed by atoms with E-state index in [1.54, 1.807) is 0 Å². The largest absolute Gasteiger partial charge is 0.317 e. The van der Waals surface area contributed by atoms with Crippen molar-refractivity contribution in [1.29, 1.82) is 0 Å². The van der Waals surface area contributed by atoms with Gasteiger partial charge >= 0.3 is 0 Å². The van der Waals surface area contributed by atoms with Crippen LogP contribution in [-0.4, -0.2) is 36.1 Å². The van der Waals surface area contributed by atoms with Gasteiger partial charge in [0.25, 0.3) is 0 Å². The van der Waals surface area contributed by atoms with Crippen molar-refractivity contribution in [3.05, 3.63) is 0 Å². The van der Waals surface area contributed by atoms with E-state index in [1.165, 1.54) is 38.8 Å². The molecule has 1 heterocycles. The fourth-order valence-corrected chi connectivity index (χ4v) is 2.62. The van der Waals surface area contributed by atoms with Crippen molar-refractivity contribution in [3.63, 3.8) is 0 Å². The molecule has 0 bridgehead atoms. The van der Waals surface area contributed by atoms with Crippen molar-refractivity contribution >= 4 is 0 Å². The number of hydrogen-bond acceptors (Lipinski definition) is 2. The van der Waals surface area contributed by atoms with E-state index < -0.39 is 0 Å². The van der Waals surface area contributed by atoms with Crippen LogP contribution in [-0.2, 0) is 0 Å². The normalized spacial score (nSPS) is 25.8. The number of rotatable bonds is 3. The van der Waals surface area contributed by atoms with Crippen LogP contribution in [0.4, 0.5) is 0 Å². The van der Waals surface area contributed by atoms with Gasteiger partial charge in [0, 0.05) is 18.1 Å². The van der Waals surface area contributed by atoms with Crippen LogP contribution in [0.1, 0.15) is 39.5 Å². The van der Waals surface area contributed by atoms with E-state index in [-0.39, 0.29) is 0 Å². The first-order valence-corrected chi connectivity index (χ1v) is 5.77. The Kier molecular flexibility index (Phi) is 2.89. The van der Waals surface area contributed by atoms with Crippen LogP contribution >= 0.6 is 0 Å². The molecule has 76 valence electrons.